The fourth-order valence-electron chi connectivity index (χ4n) is 5.14. The third kappa shape index (κ3) is 8.17. The van der Waals surface area contributed by atoms with Crippen molar-refractivity contribution in [2.24, 2.45) is 28.9 Å². The second-order valence-electron chi connectivity index (χ2n) is 13.1. The second-order valence-corrected chi connectivity index (χ2v) is 13.1. The molecule has 1 saturated heterocycles. The van der Waals surface area contributed by atoms with E-state index >= 15 is 0 Å². The Bertz CT molecular complexity index is 885. The van der Waals surface area contributed by atoms with E-state index < -0.39 is 52.7 Å². The van der Waals surface area contributed by atoms with E-state index in [9.17, 15) is 24.0 Å². The lowest BCUT2D eigenvalue weighted by Crippen LogP contribution is -2.62. The predicted octanol–water partition coefficient (Wildman–Crippen LogP) is 2.10. The van der Waals surface area contributed by atoms with Crippen LogP contribution >= 0.6 is 0 Å². The highest BCUT2D eigenvalue weighted by Crippen LogP contribution is 2.34. The molecule has 0 aromatic carbocycles. The lowest BCUT2D eigenvalue weighted by Gasteiger charge is -2.37. The average Bonchev–Trinajstić information content (AvgIpc) is 3.16. The zero-order valence-electron chi connectivity index (χ0n) is 23.8. The largest absolute Gasteiger partial charge is 0.363 e. The number of nitrogens with zero attached hydrogens (tertiary/aromatic N) is 1. The van der Waals surface area contributed by atoms with Crippen molar-refractivity contribution in [3.8, 4) is 0 Å². The Kier molecular flexibility index (Phi) is 9.76. The molecule has 0 aromatic rings. The molecule has 1 saturated carbocycles. The van der Waals surface area contributed by atoms with Crippen LogP contribution in [0.2, 0.25) is 0 Å². The minimum absolute atomic E-state index is 0.0932. The van der Waals surface area contributed by atoms with Gasteiger partial charge in [0.25, 0.3) is 5.91 Å². The van der Waals surface area contributed by atoms with Gasteiger partial charge in [-0.05, 0) is 56.8 Å². The third-order valence-electron chi connectivity index (χ3n) is 7.40. The summed E-state index contributed by atoms with van der Waals surface area (Å²) in [6.45, 7) is 15.5. The Labute approximate surface area is 221 Å². The van der Waals surface area contributed by atoms with Crippen LogP contribution in [0.1, 0.15) is 87.5 Å². The summed E-state index contributed by atoms with van der Waals surface area (Å²) in [5.74, 6) is -2.49. The first-order valence-corrected chi connectivity index (χ1v) is 13.5. The van der Waals surface area contributed by atoms with Gasteiger partial charge in [-0.1, -0.05) is 53.9 Å². The maximum atomic E-state index is 13.9. The third-order valence-corrected chi connectivity index (χ3v) is 7.40. The highest BCUT2D eigenvalue weighted by atomic mass is 16.2. The first-order valence-electron chi connectivity index (χ1n) is 13.5. The number of carbonyl (C=O) groups excluding carboxylic acids is 5. The van der Waals surface area contributed by atoms with Crippen molar-refractivity contribution < 1.29 is 24.0 Å². The minimum atomic E-state index is -1.08. The molecule has 2 fully saturated rings. The standard InChI is InChI=1S/C27H47N5O5/c1-15(2)17-12-13-32(24(36)21(26(3,4)5)30-25(37)31-27(6,7)8)19(17)23(35)29-18(20(33)22(28)34)14-16-10-9-11-16/h15-19,21H,9-14H2,1-8H3,(H2,28,34)(H,29,35)(H2,30,31,37)/t17-,18+,19+,21-/m1/s1. The summed E-state index contributed by atoms with van der Waals surface area (Å²) in [7, 11) is 0. The molecule has 1 heterocycles. The molecule has 37 heavy (non-hydrogen) atoms. The Morgan fingerprint density at radius 3 is 1.97 bits per heavy atom. The maximum absolute atomic E-state index is 13.9. The van der Waals surface area contributed by atoms with Gasteiger partial charge in [0, 0.05) is 12.1 Å². The van der Waals surface area contributed by atoms with Gasteiger partial charge >= 0.3 is 6.03 Å². The zero-order chi connectivity index (χ0) is 28.3. The van der Waals surface area contributed by atoms with E-state index in [1.54, 1.807) is 0 Å². The zero-order valence-corrected chi connectivity index (χ0v) is 23.8. The molecular weight excluding hydrogens is 474 g/mol. The summed E-state index contributed by atoms with van der Waals surface area (Å²) in [6, 6.07) is -3.17. The fourth-order valence-corrected chi connectivity index (χ4v) is 5.14. The molecule has 2 rings (SSSR count). The molecule has 0 radical (unpaired) electrons. The summed E-state index contributed by atoms with van der Waals surface area (Å²) in [5, 5.41) is 8.42. The molecule has 1 aliphatic heterocycles. The molecular formula is C27H47N5O5. The number of likely N-dealkylation sites (tertiary alicyclic amines) is 1. The Hall–Kier alpha value is -2.65. The molecule has 5 amide bonds. The van der Waals surface area contributed by atoms with Crippen molar-refractivity contribution in [2.75, 3.05) is 6.54 Å². The number of nitrogens with one attached hydrogen (secondary N) is 3. The highest BCUT2D eigenvalue weighted by Gasteiger charge is 2.48. The Morgan fingerprint density at radius 1 is 0.946 bits per heavy atom. The van der Waals surface area contributed by atoms with Crippen LogP contribution in [0.25, 0.3) is 0 Å². The van der Waals surface area contributed by atoms with Crippen molar-refractivity contribution in [1.82, 2.24) is 20.9 Å². The second kappa shape index (κ2) is 11.8. The van der Waals surface area contributed by atoms with E-state index in [4.69, 9.17) is 5.73 Å². The monoisotopic (exact) mass is 521 g/mol. The van der Waals surface area contributed by atoms with Gasteiger partial charge < -0.3 is 26.6 Å². The lowest BCUT2D eigenvalue weighted by atomic mass is 9.80. The van der Waals surface area contributed by atoms with E-state index in [0.717, 1.165) is 19.3 Å². The van der Waals surface area contributed by atoms with E-state index in [-0.39, 0.29) is 23.7 Å². The molecule has 4 atom stereocenters. The molecule has 10 nitrogen and oxygen atoms in total. The smallest absolute Gasteiger partial charge is 0.315 e. The van der Waals surface area contributed by atoms with E-state index in [1.807, 2.05) is 55.4 Å². The van der Waals surface area contributed by atoms with Gasteiger partial charge in [0.15, 0.2) is 0 Å². The molecule has 210 valence electrons. The topological polar surface area (TPSA) is 151 Å². The van der Waals surface area contributed by atoms with Crippen LogP contribution in [0.3, 0.4) is 0 Å². The normalized spacial score (nSPS) is 22.1. The van der Waals surface area contributed by atoms with E-state index in [0.29, 0.717) is 19.4 Å². The number of nitrogens with two attached hydrogens (primary N) is 1. The van der Waals surface area contributed by atoms with Gasteiger partial charge in [0.05, 0.1) is 6.04 Å². The van der Waals surface area contributed by atoms with Crippen LogP contribution in [-0.2, 0) is 19.2 Å². The SMILES string of the molecule is CC(C)[C@H]1CCN(C(=O)[C@@H](NC(=O)NC(C)(C)C)C(C)(C)C)[C@@H]1C(=O)N[C@@H](CC1CCC1)C(=O)C(N)=O. The quantitative estimate of drug-likeness (QED) is 0.343. The van der Waals surface area contributed by atoms with Gasteiger partial charge in [-0.25, -0.2) is 4.79 Å². The predicted molar refractivity (Wildman–Crippen MR) is 141 cm³/mol. The van der Waals surface area contributed by atoms with Gasteiger partial charge in [0.2, 0.25) is 17.6 Å². The molecule has 10 heteroatoms. The number of ketones is 1. The van der Waals surface area contributed by atoms with Crippen molar-refractivity contribution in [2.45, 2.75) is 111 Å². The molecule has 0 spiro atoms. The van der Waals surface area contributed by atoms with Crippen molar-refractivity contribution in [3.05, 3.63) is 0 Å². The van der Waals surface area contributed by atoms with Gasteiger partial charge in [-0.2, -0.15) is 0 Å². The fraction of sp³-hybridized carbons (Fsp3) is 0.815. The van der Waals surface area contributed by atoms with Crippen LogP contribution in [0.15, 0.2) is 0 Å². The number of primary amides is 1. The number of hydrogen-bond acceptors (Lipinski definition) is 5. The molecule has 0 aromatic heterocycles. The number of Topliss-reactive ketones (excluding diaryl/α,β-unsaturated/α-hetero) is 1. The average molecular weight is 522 g/mol. The van der Waals surface area contributed by atoms with Crippen molar-refractivity contribution in [3.63, 3.8) is 0 Å². The number of rotatable bonds is 9. The maximum Gasteiger partial charge on any atom is 0.315 e. The minimum Gasteiger partial charge on any atom is -0.363 e. The number of hydrogen-bond donors (Lipinski definition) is 4. The summed E-state index contributed by atoms with van der Waals surface area (Å²) in [5.41, 5.74) is 4.16. The summed E-state index contributed by atoms with van der Waals surface area (Å²) >= 11 is 0. The Morgan fingerprint density at radius 2 is 1.54 bits per heavy atom. The number of carbonyl (C=O) groups is 5. The van der Waals surface area contributed by atoms with Crippen LogP contribution in [0.5, 0.6) is 0 Å². The molecule has 0 bridgehead atoms. The van der Waals surface area contributed by atoms with Crippen LogP contribution in [0.4, 0.5) is 4.79 Å². The van der Waals surface area contributed by atoms with Crippen molar-refractivity contribution in [1.29, 1.82) is 0 Å². The van der Waals surface area contributed by atoms with Crippen LogP contribution in [0, 0.1) is 23.2 Å². The molecule has 5 N–H and O–H groups in total. The summed E-state index contributed by atoms with van der Waals surface area (Å²) in [4.78, 5) is 66.0. The molecule has 0 unspecified atom stereocenters. The van der Waals surface area contributed by atoms with E-state index in [2.05, 4.69) is 16.0 Å². The molecule has 2 aliphatic rings. The molecule has 1 aliphatic carbocycles. The highest BCUT2D eigenvalue weighted by molar-refractivity contribution is 6.37. The van der Waals surface area contributed by atoms with E-state index in [1.165, 1.54) is 4.90 Å². The Balaban J connectivity index is 2.31. The van der Waals surface area contributed by atoms with Crippen LogP contribution in [-0.4, -0.2) is 64.6 Å². The van der Waals surface area contributed by atoms with Crippen LogP contribution < -0.4 is 21.7 Å². The number of amides is 5. The van der Waals surface area contributed by atoms with Gasteiger partial charge in [0.1, 0.15) is 12.1 Å². The van der Waals surface area contributed by atoms with Crippen molar-refractivity contribution >= 4 is 29.5 Å². The first-order chi connectivity index (χ1) is 16.9. The van der Waals surface area contributed by atoms with Gasteiger partial charge in [-0.15, -0.1) is 0 Å². The van der Waals surface area contributed by atoms with Gasteiger partial charge in [-0.3, -0.25) is 19.2 Å². The lowest BCUT2D eigenvalue weighted by molar-refractivity contribution is -0.144. The number of urea groups is 1. The summed E-state index contributed by atoms with van der Waals surface area (Å²) in [6.07, 6.45) is 3.91. The first kappa shape index (κ1) is 30.6. The summed E-state index contributed by atoms with van der Waals surface area (Å²) < 4.78 is 0.